The Balaban J connectivity index is 2.39. The Bertz CT molecular complexity index is 349. The summed E-state index contributed by atoms with van der Waals surface area (Å²) in [5.74, 6) is 0.167. The quantitative estimate of drug-likeness (QED) is 0.820. The first-order valence-electron chi connectivity index (χ1n) is 5.74. The molecule has 0 amide bonds. The van der Waals surface area contributed by atoms with Crippen LogP contribution in [0.15, 0.2) is 6.33 Å². The molecule has 0 radical (unpaired) electrons. The summed E-state index contributed by atoms with van der Waals surface area (Å²) in [5, 5.41) is 9.74. The summed E-state index contributed by atoms with van der Waals surface area (Å²) in [7, 11) is 0. The van der Waals surface area contributed by atoms with E-state index in [1.165, 1.54) is 17.7 Å². The van der Waals surface area contributed by atoms with Crippen LogP contribution in [0, 0.1) is 0 Å². The van der Waals surface area contributed by atoms with Crippen LogP contribution < -0.4 is 0 Å². The van der Waals surface area contributed by atoms with Gasteiger partial charge in [-0.3, -0.25) is 0 Å². The molecule has 2 unspecified atom stereocenters. The third-order valence-corrected chi connectivity index (χ3v) is 3.28. The van der Waals surface area contributed by atoms with E-state index in [1.54, 1.807) is 6.33 Å². The van der Waals surface area contributed by atoms with Gasteiger partial charge in [-0.15, -0.1) is 0 Å². The summed E-state index contributed by atoms with van der Waals surface area (Å²) in [5.41, 5.74) is 3.57. The summed E-state index contributed by atoms with van der Waals surface area (Å²) in [6.45, 7) is 3.94. The van der Waals surface area contributed by atoms with Crippen LogP contribution in [-0.2, 0) is 12.8 Å². The van der Waals surface area contributed by atoms with Crippen LogP contribution >= 0.6 is 0 Å². The second-order valence-electron chi connectivity index (χ2n) is 4.29. The Hall–Kier alpha value is -0.960. The van der Waals surface area contributed by atoms with Crippen LogP contribution in [0.4, 0.5) is 0 Å². The lowest BCUT2D eigenvalue weighted by Gasteiger charge is -2.19. The molecule has 0 bridgehead atoms. The molecule has 82 valence electrons. The monoisotopic (exact) mass is 206 g/mol. The standard InChI is InChI=1S/C12H18N2O/c1-3-9(8(2)15)12-10-5-4-6-11(10)13-7-14-12/h7-9,15H,3-6H2,1-2H3. The maximum absolute atomic E-state index is 9.74. The van der Waals surface area contributed by atoms with Crippen molar-refractivity contribution in [3.63, 3.8) is 0 Å². The van der Waals surface area contributed by atoms with E-state index in [0.29, 0.717) is 0 Å². The first kappa shape index (κ1) is 10.6. The van der Waals surface area contributed by atoms with Gasteiger partial charge in [-0.05, 0) is 38.2 Å². The van der Waals surface area contributed by atoms with Crippen molar-refractivity contribution in [1.82, 2.24) is 9.97 Å². The molecular weight excluding hydrogens is 188 g/mol. The van der Waals surface area contributed by atoms with Gasteiger partial charge >= 0.3 is 0 Å². The van der Waals surface area contributed by atoms with Crippen LogP contribution in [0.25, 0.3) is 0 Å². The Morgan fingerprint density at radius 3 is 2.87 bits per heavy atom. The molecule has 3 heteroatoms. The first-order valence-corrected chi connectivity index (χ1v) is 5.74. The average Bonchev–Trinajstić information content (AvgIpc) is 2.66. The summed E-state index contributed by atoms with van der Waals surface area (Å²) >= 11 is 0. The lowest BCUT2D eigenvalue weighted by molar-refractivity contribution is 0.157. The highest BCUT2D eigenvalue weighted by molar-refractivity contribution is 5.31. The fourth-order valence-corrected chi connectivity index (χ4v) is 2.47. The zero-order valence-electron chi connectivity index (χ0n) is 9.40. The van der Waals surface area contributed by atoms with E-state index in [1.807, 2.05) is 6.92 Å². The van der Waals surface area contributed by atoms with Crippen molar-refractivity contribution in [2.75, 3.05) is 0 Å². The topological polar surface area (TPSA) is 46.0 Å². The second kappa shape index (κ2) is 4.27. The number of nitrogens with zero attached hydrogens (tertiary/aromatic N) is 2. The molecule has 0 saturated heterocycles. The molecule has 15 heavy (non-hydrogen) atoms. The number of hydrogen-bond donors (Lipinski definition) is 1. The first-order chi connectivity index (χ1) is 7.24. The van der Waals surface area contributed by atoms with E-state index >= 15 is 0 Å². The van der Waals surface area contributed by atoms with Crippen LogP contribution in [0.5, 0.6) is 0 Å². The summed E-state index contributed by atoms with van der Waals surface area (Å²) in [4.78, 5) is 8.67. The highest BCUT2D eigenvalue weighted by Gasteiger charge is 2.24. The van der Waals surface area contributed by atoms with Crippen molar-refractivity contribution in [2.24, 2.45) is 0 Å². The van der Waals surface area contributed by atoms with Gasteiger partial charge in [0.2, 0.25) is 0 Å². The van der Waals surface area contributed by atoms with E-state index < -0.39 is 0 Å². The van der Waals surface area contributed by atoms with Crippen molar-refractivity contribution < 1.29 is 5.11 Å². The minimum absolute atomic E-state index is 0.167. The molecule has 0 aliphatic heterocycles. The number of aryl methyl sites for hydroxylation is 1. The molecule has 1 N–H and O–H groups in total. The molecule has 1 aromatic heterocycles. The van der Waals surface area contributed by atoms with Gasteiger partial charge in [0, 0.05) is 11.6 Å². The molecular formula is C12H18N2O. The normalized spacial score (nSPS) is 18.6. The third kappa shape index (κ3) is 1.88. The van der Waals surface area contributed by atoms with E-state index in [-0.39, 0.29) is 12.0 Å². The van der Waals surface area contributed by atoms with E-state index in [2.05, 4.69) is 16.9 Å². The van der Waals surface area contributed by atoms with Gasteiger partial charge in [0.1, 0.15) is 6.33 Å². The number of hydrogen-bond acceptors (Lipinski definition) is 3. The lowest BCUT2D eigenvalue weighted by Crippen LogP contribution is -2.17. The van der Waals surface area contributed by atoms with Gasteiger partial charge in [-0.1, -0.05) is 6.92 Å². The maximum Gasteiger partial charge on any atom is 0.115 e. The van der Waals surface area contributed by atoms with Crippen LogP contribution in [0.2, 0.25) is 0 Å². The zero-order valence-corrected chi connectivity index (χ0v) is 9.40. The predicted molar refractivity (Wildman–Crippen MR) is 58.8 cm³/mol. The lowest BCUT2D eigenvalue weighted by atomic mass is 9.92. The van der Waals surface area contributed by atoms with Crippen LogP contribution in [0.1, 0.15) is 49.6 Å². The van der Waals surface area contributed by atoms with Gasteiger partial charge in [0.15, 0.2) is 0 Å². The number of aliphatic hydroxyl groups excluding tert-OH is 1. The third-order valence-electron chi connectivity index (χ3n) is 3.28. The number of rotatable bonds is 3. The molecule has 0 aromatic carbocycles. The molecule has 2 atom stereocenters. The fourth-order valence-electron chi connectivity index (χ4n) is 2.47. The summed E-state index contributed by atoms with van der Waals surface area (Å²) < 4.78 is 0. The van der Waals surface area contributed by atoms with Gasteiger partial charge in [-0.25, -0.2) is 9.97 Å². The molecule has 1 heterocycles. The minimum Gasteiger partial charge on any atom is -0.393 e. The largest absolute Gasteiger partial charge is 0.393 e. The van der Waals surface area contributed by atoms with E-state index in [9.17, 15) is 5.11 Å². The van der Waals surface area contributed by atoms with Crippen molar-refractivity contribution >= 4 is 0 Å². The van der Waals surface area contributed by atoms with Crippen molar-refractivity contribution in [3.8, 4) is 0 Å². The fraction of sp³-hybridized carbons (Fsp3) is 0.667. The smallest absolute Gasteiger partial charge is 0.115 e. The molecule has 1 aliphatic carbocycles. The van der Waals surface area contributed by atoms with Crippen LogP contribution in [0.3, 0.4) is 0 Å². The number of aromatic nitrogens is 2. The number of fused-ring (bicyclic) bond motifs is 1. The Morgan fingerprint density at radius 1 is 1.40 bits per heavy atom. The molecule has 1 aromatic rings. The Morgan fingerprint density at radius 2 is 2.20 bits per heavy atom. The van der Waals surface area contributed by atoms with E-state index in [0.717, 1.165) is 25.0 Å². The minimum atomic E-state index is -0.324. The Labute approximate surface area is 90.6 Å². The summed E-state index contributed by atoms with van der Waals surface area (Å²) in [6, 6.07) is 0. The second-order valence-corrected chi connectivity index (χ2v) is 4.29. The number of aliphatic hydroxyl groups is 1. The predicted octanol–water partition coefficient (Wildman–Crippen LogP) is 1.84. The molecule has 1 aliphatic rings. The molecule has 0 saturated carbocycles. The Kier molecular flexibility index (Phi) is 3.00. The SMILES string of the molecule is CCC(c1ncnc2c1CCC2)C(C)O. The zero-order chi connectivity index (χ0) is 10.8. The highest BCUT2D eigenvalue weighted by atomic mass is 16.3. The molecule has 2 rings (SSSR count). The van der Waals surface area contributed by atoms with E-state index in [4.69, 9.17) is 0 Å². The van der Waals surface area contributed by atoms with Gasteiger partial charge in [0.05, 0.1) is 11.8 Å². The highest BCUT2D eigenvalue weighted by Crippen LogP contribution is 2.30. The molecule has 0 spiro atoms. The van der Waals surface area contributed by atoms with Crippen LogP contribution in [-0.4, -0.2) is 21.2 Å². The van der Waals surface area contributed by atoms with Crippen molar-refractivity contribution in [2.45, 2.75) is 51.6 Å². The molecule has 3 nitrogen and oxygen atoms in total. The van der Waals surface area contributed by atoms with Crippen molar-refractivity contribution in [1.29, 1.82) is 0 Å². The van der Waals surface area contributed by atoms with Gasteiger partial charge < -0.3 is 5.11 Å². The maximum atomic E-state index is 9.74. The van der Waals surface area contributed by atoms with Gasteiger partial charge in [0.25, 0.3) is 0 Å². The molecule has 0 fully saturated rings. The van der Waals surface area contributed by atoms with Gasteiger partial charge in [-0.2, -0.15) is 0 Å². The average molecular weight is 206 g/mol. The summed E-state index contributed by atoms with van der Waals surface area (Å²) in [6.07, 6.45) is 5.58. The van der Waals surface area contributed by atoms with Crippen molar-refractivity contribution in [3.05, 3.63) is 23.3 Å².